The van der Waals surface area contributed by atoms with E-state index < -0.39 is 11.9 Å². The average molecular weight is 248 g/mol. The first-order chi connectivity index (χ1) is 8.77. The van der Waals surface area contributed by atoms with Crippen molar-refractivity contribution in [3.05, 3.63) is 53.9 Å². The van der Waals surface area contributed by atoms with Gasteiger partial charge in [0.25, 0.3) is 0 Å². The molecule has 1 unspecified atom stereocenters. The van der Waals surface area contributed by atoms with Gasteiger partial charge in [0.05, 0.1) is 19.3 Å². The maximum atomic E-state index is 13.7. The van der Waals surface area contributed by atoms with Crippen molar-refractivity contribution in [3.63, 3.8) is 0 Å². The molecule has 0 aliphatic rings. The highest BCUT2D eigenvalue weighted by atomic mass is 19.1. The molecule has 2 aromatic heterocycles. The summed E-state index contributed by atoms with van der Waals surface area (Å²) in [6.45, 7) is 0. The van der Waals surface area contributed by atoms with Crippen LogP contribution in [0.3, 0.4) is 0 Å². The molecule has 0 saturated heterocycles. The summed E-state index contributed by atoms with van der Waals surface area (Å²) in [5.41, 5.74) is 3.43. The molecule has 2 rings (SSSR count). The Morgan fingerprint density at radius 2 is 2.22 bits per heavy atom. The molecule has 1 atom stereocenters. The number of rotatable bonds is 4. The Bertz CT molecular complexity index is 535. The Hall–Kier alpha value is -2.05. The van der Waals surface area contributed by atoms with Gasteiger partial charge in [-0.1, -0.05) is 0 Å². The number of hydrazine groups is 1. The van der Waals surface area contributed by atoms with Gasteiger partial charge >= 0.3 is 0 Å². The van der Waals surface area contributed by atoms with Crippen molar-refractivity contribution in [1.29, 1.82) is 0 Å². The van der Waals surface area contributed by atoms with E-state index in [9.17, 15) is 4.39 Å². The molecule has 5 nitrogen and oxygen atoms in total. The second kappa shape index (κ2) is 5.52. The number of pyridine rings is 2. The molecule has 94 valence electrons. The third-order valence-electron chi connectivity index (χ3n) is 2.57. The molecular weight excluding hydrogens is 235 g/mol. The van der Waals surface area contributed by atoms with Crippen LogP contribution >= 0.6 is 0 Å². The minimum atomic E-state index is -0.593. The highest BCUT2D eigenvalue weighted by molar-refractivity contribution is 5.36. The van der Waals surface area contributed by atoms with Crippen LogP contribution in [-0.2, 0) is 0 Å². The van der Waals surface area contributed by atoms with Crippen LogP contribution in [0.25, 0.3) is 0 Å². The zero-order valence-corrected chi connectivity index (χ0v) is 9.80. The number of aromatic nitrogens is 2. The molecule has 0 bridgehead atoms. The molecule has 0 amide bonds. The summed E-state index contributed by atoms with van der Waals surface area (Å²) in [5, 5.41) is 0. The fraction of sp³-hybridized carbons (Fsp3) is 0.167. The second-order valence-electron chi connectivity index (χ2n) is 3.59. The number of ether oxygens (including phenoxy) is 1. The zero-order chi connectivity index (χ0) is 13.0. The molecule has 18 heavy (non-hydrogen) atoms. The van der Waals surface area contributed by atoms with Crippen LogP contribution in [0.4, 0.5) is 4.39 Å². The molecule has 0 aliphatic heterocycles. The van der Waals surface area contributed by atoms with E-state index in [4.69, 9.17) is 10.6 Å². The number of nitrogens with zero attached hydrogens (tertiary/aromatic N) is 2. The van der Waals surface area contributed by atoms with E-state index in [1.54, 1.807) is 24.4 Å². The molecule has 0 aliphatic carbocycles. The van der Waals surface area contributed by atoms with Gasteiger partial charge in [0.1, 0.15) is 17.3 Å². The van der Waals surface area contributed by atoms with Crippen molar-refractivity contribution in [2.24, 2.45) is 5.84 Å². The fourth-order valence-electron chi connectivity index (χ4n) is 1.73. The molecule has 2 heterocycles. The molecule has 0 aromatic carbocycles. The van der Waals surface area contributed by atoms with Gasteiger partial charge in [-0.25, -0.2) is 9.82 Å². The summed E-state index contributed by atoms with van der Waals surface area (Å²) in [7, 11) is 1.52. The number of nitrogens with one attached hydrogen (secondary N) is 1. The fourth-order valence-corrected chi connectivity index (χ4v) is 1.73. The van der Waals surface area contributed by atoms with E-state index in [1.807, 2.05) is 0 Å². The molecule has 0 saturated carbocycles. The highest BCUT2D eigenvalue weighted by Crippen LogP contribution is 2.28. The van der Waals surface area contributed by atoms with Crippen LogP contribution in [0, 0.1) is 5.82 Å². The summed E-state index contributed by atoms with van der Waals surface area (Å²) in [5.74, 6) is 5.58. The van der Waals surface area contributed by atoms with Crippen molar-refractivity contribution < 1.29 is 9.13 Å². The molecule has 0 fully saturated rings. The summed E-state index contributed by atoms with van der Waals surface area (Å²) in [6.07, 6.45) is 4.23. The number of halogens is 1. The molecule has 3 N–H and O–H groups in total. The standard InChI is InChI=1S/C12H13FN4O/c1-18-10-3-2-5-16-12(10)11(17-14)8-4-6-15-7-9(8)13/h2-7,11,17H,14H2,1H3. The smallest absolute Gasteiger partial charge is 0.146 e. The Kier molecular flexibility index (Phi) is 3.81. The van der Waals surface area contributed by atoms with Crippen LogP contribution in [0.1, 0.15) is 17.3 Å². The van der Waals surface area contributed by atoms with Crippen LogP contribution < -0.4 is 16.0 Å². The first kappa shape index (κ1) is 12.4. The Labute approximate surface area is 104 Å². The van der Waals surface area contributed by atoms with Gasteiger partial charge in [0.2, 0.25) is 0 Å². The number of hydrogen-bond acceptors (Lipinski definition) is 5. The maximum Gasteiger partial charge on any atom is 0.146 e. The highest BCUT2D eigenvalue weighted by Gasteiger charge is 2.21. The SMILES string of the molecule is COc1cccnc1C(NN)c1ccncc1F. The van der Waals surface area contributed by atoms with Crippen LogP contribution in [0.5, 0.6) is 5.75 Å². The van der Waals surface area contributed by atoms with Crippen LogP contribution in [0.2, 0.25) is 0 Å². The lowest BCUT2D eigenvalue weighted by Crippen LogP contribution is -2.30. The average Bonchev–Trinajstić information content (AvgIpc) is 2.42. The van der Waals surface area contributed by atoms with Gasteiger partial charge in [-0.2, -0.15) is 0 Å². The third-order valence-corrected chi connectivity index (χ3v) is 2.57. The minimum absolute atomic E-state index is 0.365. The van der Waals surface area contributed by atoms with Gasteiger partial charge in [0, 0.05) is 18.0 Å². The van der Waals surface area contributed by atoms with Gasteiger partial charge in [0.15, 0.2) is 0 Å². The van der Waals surface area contributed by atoms with Gasteiger partial charge in [-0.3, -0.25) is 15.8 Å². The van der Waals surface area contributed by atoms with E-state index in [0.717, 1.165) is 6.20 Å². The summed E-state index contributed by atoms with van der Waals surface area (Å²) in [6, 6.07) is 4.43. The quantitative estimate of drug-likeness (QED) is 0.628. The number of hydrogen-bond donors (Lipinski definition) is 2. The van der Waals surface area contributed by atoms with Gasteiger partial charge < -0.3 is 4.74 Å². The first-order valence-electron chi connectivity index (χ1n) is 5.32. The molecular formula is C12H13FN4O. The van der Waals surface area contributed by atoms with E-state index in [0.29, 0.717) is 17.0 Å². The predicted molar refractivity (Wildman–Crippen MR) is 64.2 cm³/mol. The topological polar surface area (TPSA) is 73.1 Å². The van der Waals surface area contributed by atoms with E-state index >= 15 is 0 Å². The molecule has 0 spiro atoms. The van der Waals surface area contributed by atoms with Crippen molar-refractivity contribution >= 4 is 0 Å². The number of methoxy groups -OCH3 is 1. The Morgan fingerprint density at radius 1 is 1.39 bits per heavy atom. The minimum Gasteiger partial charge on any atom is -0.495 e. The summed E-state index contributed by atoms with van der Waals surface area (Å²) >= 11 is 0. The van der Waals surface area contributed by atoms with Crippen LogP contribution in [-0.4, -0.2) is 17.1 Å². The zero-order valence-electron chi connectivity index (χ0n) is 9.80. The predicted octanol–water partition coefficient (Wildman–Crippen LogP) is 1.18. The normalized spacial score (nSPS) is 12.2. The van der Waals surface area contributed by atoms with Crippen molar-refractivity contribution in [3.8, 4) is 5.75 Å². The summed E-state index contributed by atoms with van der Waals surface area (Å²) < 4.78 is 18.9. The van der Waals surface area contributed by atoms with Crippen molar-refractivity contribution in [2.45, 2.75) is 6.04 Å². The van der Waals surface area contributed by atoms with E-state index in [2.05, 4.69) is 15.4 Å². The lowest BCUT2D eigenvalue weighted by atomic mass is 10.0. The Balaban J connectivity index is 2.49. The van der Waals surface area contributed by atoms with Gasteiger partial charge in [-0.05, 0) is 18.2 Å². The van der Waals surface area contributed by atoms with Crippen molar-refractivity contribution in [1.82, 2.24) is 15.4 Å². The first-order valence-corrected chi connectivity index (χ1v) is 5.32. The molecule has 0 radical (unpaired) electrons. The monoisotopic (exact) mass is 248 g/mol. The summed E-state index contributed by atoms with van der Waals surface area (Å²) in [4.78, 5) is 7.89. The van der Waals surface area contributed by atoms with Crippen LogP contribution in [0.15, 0.2) is 36.8 Å². The van der Waals surface area contributed by atoms with Gasteiger partial charge in [-0.15, -0.1) is 0 Å². The second-order valence-corrected chi connectivity index (χ2v) is 3.59. The van der Waals surface area contributed by atoms with E-state index in [1.165, 1.54) is 13.3 Å². The largest absolute Gasteiger partial charge is 0.495 e. The lowest BCUT2D eigenvalue weighted by molar-refractivity contribution is 0.399. The molecule has 6 heteroatoms. The molecule has 2 aromatic rings. The third kappa shape index (κ3) is 2.29. The number of nitrogens with two attached hydrogens (primary N) is 1. The maximum absolute atomic E-state index is 13.7. The lowest BCUT2D eigenvalue weighted by Gasteiger charge is -2.18. The van der Waals surface area contributed by atoms with Crippen molar-refractivity contribution in [2.75, 3.05) is 7.11 Å². The Morgan fingerprint density at radius 3 is 2.89 bits per heavy atom. The van der Waals surface area contributed by atoms with E-state index in [-0.39, 0.29) is 0 Å².